The molecule has 2 rings (SSSR count). The van der Waals surface area contributed by atoms with E-state index in [4.69, 9.17) is 11.1 Å². The van der Waals surface area contributed by atoms with Crippen molar-refractivity contribution in [2.75, 3.05) is 31.1 Å². The summed E-state index contributed by atoms with van der Waals surface area (Å²) < 4.78 is 14.0. The van der Waals surface area contributed by atoms with Crippen LogP contribution in [0.15, 0.2) is 18.2 Å². The summed E-state index contributed by atoms with van der Waals surface area (Å²) in [4.78, 5) is 4.44. The van der Waals surface area contributed by atoms with E-state index in [-0.39, 0.29) is 11.7 Å². The van der Waals surface area contributed by atoms with Crippen LogP contribution in [-0.4, -0.2) is 43.0 Å². The monoisotopic (exact) mass is 264 g/mol. The first kappa shape index (κ1) is 13.8. The number of nitrogens with one attached hydrogen (secondary N) is 1. The largest absolute Gasteiger partial charge is 0.384 e. The molecule has 1 aromatic rings. The van der Waals surface area contributed by atoms with Gasteiger partial charge < -0.3 is 10.6 Å². The fourth-order valence-electron chi connectivity index (χ4n) is 2.41. The smallest absolute Gasteiger partial charge is 0.147 e. The second-order valence-corrected chi connectivity index (χ2v) is 5.20. The molecule has 4 nitrogen and oxygen atoms in total. The highest BCUT2D eigenvalue weighted by Gasteiger charge is 2.21. The van der Waals surface area contributed by atoms with Gasteiger partial charge in [0.25, 0.3) is 0 Å². The van der Waals surface area contributed by atoms with Crippen molar-refractivity contribution in [2.45, 2.75) is 19.9 Å². The Morgan fingerprint density at radius 2 is 1.89 bits per heavy atom. The zero-order valence-electron chi connectivity index (χ0n) is 11.5. The van der Waals surface area contributed by atoms with Gasteiger partial charge in [-0.05, 0) is 32.0 Å². The molecule has 0 aromatic heterocycles. The highest BCUT2D eigenvalue weighted by Crippen LogP contribution is 2.22. The number of nitrogen functional groups attached to an aromatic ring is 1. The van der Waals surface area contributed by atoms with Crippen molar-refractivity contribution in [2.24, 2.45) is 5.73 Å². The van der Waals surface area contributed by atoms with Gasteiger partial charge in [-0.1, -0.05) is 0 Å². The minimum absolute atomic E-state index is 0.102. The summed E-state index contributed by atoms with van der Waals surface area (Å²) in [6, 6.07) is 5.30. The van der Waals surface area contributed by atoms with E-state index in [1.165, 1.54) is 6.07 Å². The summed E-state index contributed by atoms with van der Waals surface area (Å²) in [7, 11) is 0. The fraction of sp³-hybridized carbons (Fsp3) is 0.500. The summed E-state index contributed by atoms with van der Waals surface area (Å²) in [6.45, 7) is 7.91. The van der Waals surface area contributed by atoms with Gasteiger partial charge in [-0.15, -0.1) is 0 Å². The van der Waals surface area contributed by atoms with Gasteiger partial charge in [-0.2, -0.15) is 0 Å². The predicted octanol–water partition coefficient (Wildman–Crippen LogP) is 1.64. The summed E-state index contributed by atoms with van der Waals surface area (Å²) >= 11 is 0. The van der Waals surface area contributed by atoms with E-state index in [2.05, 4.69) is 23.6 Å². The van der Waals surface area contributed by atoms with Gasteiger partial charge in [0.05, 0.1) is 5.69 Å². The van der Waals surface area contributed by atoms with Crippen LogP contribution in [0.1, 0.15) is 19.4 Å². The number of amidine groups is 1. The number of benzene rings is 1. The lowest BCUT2D eigenvalue weighted by atomic mass is 10.1. The van der Waals surface area contributed by atoms with Crippen LogP contribution < -0.4 is 10.6 Å². The molecule has 1 saturated heterocycles. The number of anilines is 1. The van der Waals surface area contributed by atoms with E-state index in [9.17, 15) is 4.39 Å². The number of piperazine rings is 1. The Balaban J connectivity index is 2.09. The first-order valence-corrected chi connectivity index (χ1v) is 6.62. The van der Waals surface area contributed by atoms with Crippen LogP contribution >= 0.6 is 0 Å². The van der Waals surface area contributed by atoms with E-state index in [0.717, 1.165) is 26.2 Å². The van der Waals surface area contributed by atoms with E-state index in [1.54, 1.807) is 12.1 Å². The molecular formula is C14H21FN4. The highest BCUT2D eigenvalue weighted by atomic mass is 19.1. The third-order valence-electron chi connectivity index (χ3n) is 3.64. The van der Waals surface area contributed by atoms with E-state index < -0.39 is 0 Å². The van der Waals surface area contributed by atoms with Crippen LogP contribution in [-0.2, 0) is 0 Å². The first-order chi connectivity index (χ1) is 8.99. The molecule has 0 unspecified atom stereocenters. The van der Waals surface area contributed by atoms with Gasteiger partial charge in [0.1, 0.15) is 11.7 Å². The molecule has 0 radical (unpaired) electrons. The summed E-state index contributed by atoms with van der Waals surface area (Å²) in [5.41, 5.74) is 6.40. The number of rotatable bonds is 3. The van der Waals surface area contributed by atoms with Crippen molar-refractivity contribution in [3.63, 3.8) is 0 Å². The van der Waals surface area contributed by atoms with Crippen LogP contribution in [0.25, 0.3) is 0 Å². The first-order valence-electron chi connectivity index (χ1n) is 6.62. The van der Waals surface area contributed by atoms with Gasteiger partial charge in [-0.3, -0.25) is 10.3 Å². The van der Waals surface area contributed by atoms with Crippen LogP contribution in [0.3, 0.4) is 0 Å². The molecular weight excluding hydrogens is 243 g/mol. The Hall–Kier alpha value is -1.62. The molecule has 5 heteroatoms. The molecule has 0 atom stereocenters. The third-order valence-corrected chi connectivity index (χ3v) is 3.64. The Morgan fingerprint density at radius 3 is 2.37 bits per heavy atom. The van der Waals surface area contributed by atoms with Crippen molar-refractivity contribution in [3.05, 3.63) is 29.6 Å². The van der Waals surface area contributed by atoms with E-state index in [0.29, 0.717) is 17.3 Å². The number of nitrogens with zero attached hydrogens (tertiary/aromatic N) is 2. The van der Waals surface area contributed by atoms with E-state index >= 15 is 0 Å². The Labute approximate surface area is 113 Å². The van der Waals surface area contributed by atoms with Gasteiger partial charge in [0.15, 0.2) is 0 Å². The molecule has 0 saturated carbocycles. The minimum Gasteiger partial charge on any atom is -0.384 e. The Morgan fingerprint density at radius 1 is 1.26 bits per heavy atom. The molecule has 1 fully saturated rings. The summed E-state index contributed by atoms with van der Waals surface area (Å²) in [6.07, 6.45) is 0. The van der Waals surface area contributed by atoms with Gasteiger partial charge >= 0.3 is 0 Å². The molecule has 19 heavy (non-hydrogen) atoms. The molecule has 1 aliphatic rings. The molecule has 104 valence electrons. The number of nitrogens with two attached hydrogens (primary N) is 1. The van der Waals surface area contributed by atoms with Gasteiger partial charge in [-0.25, -0.2) is 4.39 Å². The number of hydrogen-bond donors (Lipinski definition) is 2. The second kappa shape index (κ2) is 5.57. The Kier molecular flexibility index (Phi) is 4.04. The molecule has 0 bridgehead atoms. The lowest BCUT2D eigenvalue weighted by Crippen LogP contribution is -2.49. The Bertz CT molecular complexity index is 465. The molecule has 0 amide bonds. The predicted molar refractivity (Wildman–Crippen MR) is 76.3 cm³/mol. The summed E-state index contributed by atoms with van der Waals surface area (Å²) in [5.74, 6) is -0.402. The van der Waals surface area contributed by atoms with Crippen molar-refractivity contribution in [1.29, 1.82) is 5.41 Å². The average Bonchev–Trinajstić information content (AvgIpc) is 2.38. The zero-order valence-corrected chi connectivity index (χ0v) is 11.5. The quantitative estimate of drug-likeness (QED) is 0.644. The number of halogens is 1. The van der Waals surface area contributed by atoms with Crippen molar-refractivity contribution >= 4 is 11.5 Å². The lowest BCUT2D eigenvalue weighted by Gasteiger charge is -2.38. The minimum atomic E-state index is -0.300. The fourth-order valence-corrected chi connectivity index (χ4v) is 2.41. The molecule has 1 heterocycles. The molecule has 3 N–H and O–H groups in total. The molecule has 0 spiro atoms. The van der Waals surface area contributed by atoms with Crippen molar-refractivity contribution in [3.8, 4) is 0 Å². The van der Waals surface area contributed by atoms with Gasteiger partial charge in [0.2, 0.25) is 0 Å². The van der Waals surface area contributed by atoms with Crippen LogP contribution in [0.5, 0.6) is 0 Å². The molecule has 1 aliphatic heterocycles. The standard InChI is InChI=1S/C14H21FN4/c1-10(2)18-5-7-19(8-6-18)13-4-3-11(14(16)17)9-12(13)15/h3-4,9-10H,5-8H2,1-2H3,(H3,16,17). The van der Waals surface area contributed by atoms with Crippen molar-refractivity contribution < 1.29 is 4.39 Å². The van der Waals surface area contributed by atoms with Crippen molar-refractivity contribution in [1.82, 2.24) is 4.90 Å². The lowest BCUT2D eigenvalue weighted by molar-refractivity contribution is 0.209. The molecule has 0 aliphatic carbocycles. The SMILES string of the molecule is CC(C)N1CCN(c2ccc(C(=N)N)cc2F)CC1. The molecule has 1 aromatic carbocycles. The van der Waals surface area contributed by atoms with Gasteiger partial charge in [0, 0.05) is 37.8 Å². The maximum absolute atomic E-state index is 14.0. The topological polar surface area (TPSA) is 56.4 Å². The number of hydrogen-bond acceptors (Lipinski definition) is 3. The average molecular weight is 264 g/mol. The maximum atomic E-state index is 14.0. The zero-order chi connectivity index (χ0) is 14.0. The van der Waals surface area contributed by atoms with Crippen LogP contribution in [0.2, 0.25) is 0 Å². The third kappa shape index (κ3) is 3.04. The maximum Gasteiger partial charge on any atom is 0.147 e. The normalized spacial score (nSPS) is 16.9. The van der Waals surface area contributed by atoms with Crippen LogP contribution in [0.4, 0.5) is 10.1 Å². The highest BCUT2D eigenvalue weighted by molar-refractivity contribution is 5.95. The summed E-state index contributed by atoms with van der Waals surface area (Å²) in [5, 5.41) is 7.31. The van der Waals surface area contributed by atoms with Crippen LogP contribution in [0, 0.1) is 11.2 Å². The second-order valence-electron chi connectivity index (χ2n) is 5.20. The van der Waals surface area contributed by atoms with E-state index in [1.807, 2.05) is 0 Å².